The zero-order chi connectivity index (χ0) is 23.9. The highest BCUT2D eigenvalue weighted by Gasteiger charge is 2.56. The predicted octanol–water partition coefficient (Wildman–Crippen LogP) is 4.16. The van der Waals surface area contributed by atoms with E-state index < -0.39 is 17.6 Å². The zero-order valence-corrected chi connectivity index (χ0v) is 19.3. The van der Waals surface area contributed by atoms with Crippen LogP contribution in [0.2, 0.25) is 0 Å². The molecular weight excluding hydrogens is 432 g/mol. The molecule has 0 radical (unpaired) electrons. The minimum Gasteiger partial charge on any atom is -0.479 e. The Kier molecular flexibility index (Phi) is 5.80. The lowest BCUT2D eigenvalue weighted by Gasteiger charge is -2.33. The highest BCUT2D eigenvalue weighted by atomic mass is 16.5. The molecule has 34 heavy (non-hydrogen) atoms. The predicted molar refractivity (Wildman–Crippen MR) is 126 cm³/mol. The number of ether oxygens (including phenoxy) is 1. The number of carboxylic acids is 1. The molecule has 2 N–H and O–H groups in total. The van der Waals surface area contributed by atoms with Gasteiger partial charge in [-0.25, -0.2) is 9.59 Å². The van der Waals surface area contributed by atoms with E-state index in [-0.39, 0.29) is 30.4 Å². The number of carbonyl (C=O) groups excluding carboxylic acids is 2. The summed E-state index contributed by atoms with van der Waals surface area (Å²) in [6.45, 7) is 0.249. The number of hydrogen-bond donors (Lipinski definition) is 2. The topological polar surface area (TPSA) is 95.9 Å². The summed E-state index contributed by atoms with van der Waals surface area (Å²) >= 11 is 0. The molecule has 2 saturated carbocycles. The van der Waals surface area contributed by atoms with Crippen LogP contribution in [0.5, 0.6) is 0 Å². The average Bonchev–Trinajstić information content (AvgIpc) is 3.61. The van der Waals surface area contributed by atoms with Gasteiger partial charge >= 0.3 is 12.1 Å². The van der Waals surface area contributed by atoms with E-state index in [0.29, 0.717) is 25.7 Å². The summed E-state index contributed by atoms with van der Waals surface area (Å²) in [5.41, 5.74) is 3.65. The van der Waals surface area contributed by atoms with E-state index in [1.807, 2.05) is 24.3 Å². The largest absolute Gasteiger partial charge is 0.479 e. The van der Waals surface area contributed by atoms with Crippen molar-refractivity contribution in [3.8, 4) is 11.1 Å². The summed E-state index contributed by atoms with van der Waals surface area (Å²) in [6.07, 6.45) is 3.32. The normalized spacial score (nSPS) is 22.3. The van der Waals surface area contributed by atoms with Crippen LogP contribution >= 0.6 is 0 Å². The highest BCUT2D eigenvalue weighted by molar-refractivity contribution is 5.90. The molecule has 7 nitrogen and oxygen atoms in total. The van der Waals surface area contributed by atoms with E-state index >= 15 is 0 Å². The van der Waals surface area contributed by atoms with E-state index in [2.05, 4.69) is 29.6 Å². The van der Waals surface area contributed by atoms with Crippen LogP contribution < -0.4 is 5.32 Å². The van der Waals surface area contributed by atoms with Gasteiger partial charge in [0.25, 0.3) is 0 Å². The van der Waals surface area contributed by atoms with Gasteiger partial charge in [-0.05, 0) is 54.4 Å². The van der Waals surface area contributed by atoms with E-state index in [4.69, 9.17) is 4.74 Å². The maximum Gasteiger partial charge on any atom is 0.407 e. The quantitative estimate of drug-likeness (QED) is 0.672. The monoisotopic (exact) mass is 462 g/mol. The van der Waals surface area contributed by atoms with Crippen LogP contribution in [0.3, 0.4) is 0 Å². The van der Waals surface area contributed by atoms with Crippen molar-refractivity contribution < 1.29 is 24.2 Å². The second-order valence-electron chi connectivity index (χ2n) is 9.76. The lowest BCUT2D eigenvalue weighted by molar-refractivity contribution is -0.153. The molecule has 2 aromatic carbocycles. The minimum absolute atomic E-state index is 0.00164. The molecular formula is C27H30N2O5. The Labute approximate surface area is 199 Å². The van der Waals surface area contributed by atoms with Crippen molar-refractivity contribution in [2.75, 3.05) is 13.7 Å². The Morgan fingerprint density at radius 2 is 1.65 bits per heavy atom. The number of nitrogens with one attached hydrogen (secondary N) is 1. The third kappa shape index (κ3) is 3.93. The molecule has 2 unspecified atom stereocenters. The number of benzene rings is 2. The van der Waals surface area contributed by atoms with Crippen molar-refractivity contribution in [1.29, 1.82) is 0 Å². The molecule has 2 amide bonds. The fraction of sp³-hybridized carbons (Fsp3) is 0.444. The van der Waals surface area contributed by atoms with Gasteiger partial charge in [0.15, 0.2) is 0 Å². The highest BCUT2D eigenvalue weighted by Crippen LogP contribution is 2.45. The lowest BCUT2D eigenvalue weighted by Crippen LogP contribution is -2.49. The van der Waals surface area contributed by atoms with E-state index in [1.165, 1.54) is 16.0 Å². The number of hydrogen-bond acceptors (Lipinski definition) is 4. The summed E-state index contributed by atoms with van der Waals surface area (Å²) in [7, 11) is 1.59. The Morgan fingerprint density at radius 3 is 2.24 bits per heavy atom. The maximum atomic E-state index is 13.0. The van der Waals surface area contributed by atoms with Crippen LogP contribution in [0.1, 0.15) is 55.6 Å². The Balaban J connectivity index is 1.18. The summed E-state index contributed by atoms with van der Waals surface area (Å²) in [5, 5.41) is 12.4. The van der Waals surface area contributed by atoms with Gasteiger partial charge in [-0.3, -0.25) is 4.79 Å². The molecule has 3 aliphatic rings. The Hall–Kier alpha value is -3.35. The van der Waals surface area contributed by atoms with Crippen LogP contribution in [0.4, 0.5) is 4.79 Å². The number of alkyl carbamates (subject to hydrolysis) is 1. The molecule has 7 heteroatoms. The van der Waals surface area contributed by atoms with Crippen molar-refractivity contribution in [1.82, 2.24) is 10.2 Å². The first-order valence-corrected chi connectivity index (χ1v) is 12.0. The number of carboxylic acid groups (broad SMARTS) is 1. The molecule has 0 saturated heterocycles. The molecule has 3 aliphatic carbocycles. The SMILES string of the molecule is CN(C(=O)C1CCCC(NC(=O)OCC2c3ccccc3-c3ccccc32)C1)C1(C(=O)O)CC1. The number of aliphatic carboxylic acids is 1. The van der Waals surface area contributed by atoms with Gasteiger partial charge in [0, 0.05) is 24.9 Å². The molecule has 2 aromatic rings. The minimum atomic E-state index is -1.04. The Morgan fingerprint density at radius 1 is 1.03 bits per heavy atom. The second-order valence-corrected chi connectivity index (χ2v) is 9.76. The molecule has 0 aliphatic heterocycles. The van der Waals surface area contributed by atoms with Crippen molar-refractivity contribution >= 4 is 18.0 Å². The van der Waals surface area contributed by atoms with E-state index in [9.17, 15) is 19.5 Å². The van der Waals surface area contributed by atoms with Gasteiger partial charge in [0.05, 0.1) is 0 Å². The fourth-order valence-corrected chi connectivity index (χ4v) is 5.65. The Bertz CT molecular complexity index is 1080. The zero-order valence-electron chi connectivity index (χ0n) is 19.3. The van der Waals surface area contributed by atoms with Gasteiger partial charge in [-0.2, -0.15) is 0 Å². The molecule has 0 aromatic heterocycles. The molecule has 2 fully saturated rings. The van der Waals surface area contributed by atoms with Crippen LogP contribution in [-0.4, -0.2) is 53.2 Å². The van der Waals surface area contributed by atoms with Gasteiger partial charge < -0.3 is 20.1 Å². The number of rotatable bonds is 6. The third-order valence-corrected chi connectivity index (χ3v) is 7.78. The molecule has 2 atom stereocenters. The number of fused-ring (bicyclic) bond motifs is 3. The third-order valence-electron chi connectivity index (χ3n) is 7.78. The molecule has 178 valence electrons. The van der Waals surface area contributed by atoms with Crippen molar-refractivity contribution in [3.63, 3.8) is 0 Å². The average molecular weight is 463 g/mol. The van der Waals surface area contributed by atoms with E-state index in [1.54, 1.807) is 7.05 Å². The second kappa shape index (κ2) is 8.78. The maximum absolute atomic E-state index is 13.0. The summed E-state index contributed by atoms with van der Waals surface area (Å²) in [6, 6.07) is 16.2. The number of amides is 2. The molecule has 0 spiro atoms. The first-order chi connectivity index (χ1) is 16.4. The van der Waals surface area contributed by atoms with Crippen LogP contribution in [-0.2, 0) is 14.3 Å². The van der Waals surface area contributed by atoms with Crippen molar-refractivity contribution in [3.05, 3.63) is 59.7 Å². The van der Waals surface area contributed by atoms with Crippen molar-refractivity contribution in [2.24, 2.45) is 5.92 Å². The van der Waals surface area contributed by atoms with Gasteiger partial charge in [0.1, 0.15) is 12.1 Å². The number of carbonyl (C=O) groups is 3. The molecule has 5 rings (SSSR count). The van der Waals surface area contributed by atoms with Crippen molar-refractivity contribution in [2.45, 2.75) is 56.0 Å². The summed E-state index contributed by atoms with van der Waals surface area (Å²) < 4.78 is 5.66. The standard InChI is InChI=1S/C27H30N2O5/c1-29(27(13-14-27)25(31)32)24(30)17-7-6-8-18(15-17)28-26(33)34-16-23-21-11-4-2-9-19(21)20-10-3-5-12-22(20)23/h2-5,9-12,17-18,23H,6-8,13-16H2,1H3,(H,28,33)(H,31,32). The molecule has 0 bridgehead atoms. The van der Waals surface area contributed by atoms with Gasteiger partial charge in [0.2, 0.25) is 5.91 Å². The van der Waals surface area contributed by atoms with Crippen LogP contribution in [0.15, 0.2) is 48.5 Å². The number of likely N-dealkylation sites (N-methyl/N-ethyl adjacent to an activating group) is 1. The summed E-state index contributed by atoms with van der Waals surface area (Å²) in [5.74, 6) is -1.36. The van der Waals surface area contributed by atoms with Crippen LogP contribution in [0.25, 0.3) is 11.1 Å². The molecule has 0 heterocycles. The first-order valence-electron chi connectivity index (χ1n) is 12.0. The number of nitrogens with zero attached hydrogens (tertiary/aromatic N) is 1. The van der Waals surface area contributed by atoms with Gasteiger partial charge in [-0.1, -0.05) is 55.0 Å². The van der Waals surface area contributed by atoms with E-state index in [0.717, 1.165) is 24.0 Å². The summed E-state index contributed by atoms with van der Waals surface area (Å²) in [4.78, 5) is 38.6. The van der Waals surface area contributed by atoms with Crippen LogP contribution in [0, 0.1) is 5.92 Å². The fourth-order valence-electron chi connectivity index (χ4n) is 5.65. The smallest absolute Gasteiger partial charge is 0.407 e. The first kappa shape index (κ1) is 22.4. The van der Waals surface area contributed by atoms with Gasteiger partial charge in [-0.15, -0.1) is 0 Å². The lowest BCUT2D eigenvalue weighted by atomic mass is 9.84.